The number of aryl methyl sites for hydroxylation is 1. The number of halogens is 2. The van der Waals surface area contributed by atoms with Crippen molar-refractivity contribution in [2.45, 2.75) is 13.0 Å². The third-order valence-corrected chi connectivity index (χ3v) is 3.31. The highest BCUT2D eigenvalue weighted by Gasteiger charge is 2.19. The summed E-state index contributed by atoms with van der Waals surface area (Å²) in [6, 6.07) is 10.6. The molecule has 0 bridgehead atoms. The molecule has 2 aromatic carbocycles. The van der Waals surface area contributed by atoms with Crippen molar-refractivity contribution in [1.29, 1.82) is 0 Å². The minimum atomic E-state index is -0.934. The lowest BCUT2D eigenvalue weighted by atomic mass is 10.0. The van der Waals surface area contributed by atoms with Crippen LogP contribution in [-0.2, 0) is 0 Å². The molecule has 102 valence electrons. The normalized spacial score (nSPS) is 12.8. The Bertz CT molecular complexity index is 779. The van der Waals surface area contributed by atoms with Gasteiger partial charge in [-0.25, -0.2) is 8.78 Å². The number of fused-ring (bicyclic) bond motifs is 1. The van der Waals surface area contributed by atoms with Gasteiger partial charge in [0.15, 0.2) is 11.6 Å². The second-order valence-electron chi connectivity index (χ2n) is 4.81. The molecule has 4 heteroatoms. The molecule has 2 nitrogen and oxygen atoms in total. The van der Waals surface area contributed by atoms with E-state index in [1.807, 2.05) is 25.1 Å². The van der Waals surface area contributed by atoms with Crippen LogP contribution >= 0.6 is 0 Å². The SMILES string of the molecule is Cc1ccc2oc(C(N)c3cccc(F)c3F)cc2c1. The second kappa shape index (κ2) is 4.72. The van der Waals surface area contributed by atoms with Crippen LogP contribution in [0.2, 0.25) is 0 Å². The molecule has 3 rings (SSSR count). The van der Waals surface area contributed by atoms with Gasteiger partial charge in [0.1, 0.15) is 11.3 Å². The van der Waals surface area contributed by atoms with Crippen molar-refractivity contribution in [3.05, 3.63) is 71.0 Å². The fraction of sp³-hybridized carbons (Fsp3) is 0.125. The van der Waals surface area contributed by atoms with Crippen LogP contribution in [0.1, 0.15) is 22.9 Å². The molecule has 0 radical (unpaired) electrons. The number of benzene rings is 2. The van der Waals surface area contributed by atoms with Gasteiger partial charge in [-0.3, -0.25) is 0 Å². The molecule has 0 saturated carbocycles. The van der Waals surface area contributed by atoms with Crippen LogP contribution in [0.3, 0.4) is 0 Å². The zero-order chi connectivity index (χ0) is 14.3. The zero-order valence-corrected chi connectivity index (χ0v) is 10.9. The lowest BCUT2D eigenvalue weighted by molar-refractivity contribution is 0.475. The van der Waals surface area contributed by atoms with E-state index in [4.69, 9.17) is 10.2 Å². The van der Waals surface area contributed by atoms with E-state index in [9.17, 15) is 8.78 Å². The summed E-state index contributed by atoms with van der Waals surface area (Å²) in [5, 5.41) is 0.896. The lowest BCUT2D eigenvalue weighted by Gasteiger charge is -2.10. The van der Waals surface area contributed by atoms with Crippen molar-refractivity contribution in [3.63, 3.8) is 0 Å². The summed E-state index contributed by atoms with van der Waals surface area (Å²) in [6.45, 7) is 1.97. The van der Waals surface area contributed by atoms with Gasteiger partial charge >= 0.3 is 0 Å². The van der Waals surface area contributed by atoms with E-state index >= 15 is 0 Å². The average molecular weight is 273 g/mol. The molecule has 0 spiro atoms. The Labute approximate surface area is 114 Å². The van der Waals surface area contributed by atoms with Gasteiger partial charge in [0.05, 0.1) is 6.04 Å². The van der Waals surface area contributed by atoms with E-state index in [-0.39, 0.29) is 5.56 Å². The third-order valence-electron chi connectivity index (χ3n) is 3.31. The molecule has 0 fully saturated rings. The van der Waals surface area contributed by atoms with Crippen molar-refractivity contribution < 1.29 is 13.2 Å². The van der Waals surface area contributed by atoms with Crippen LogP contribution in [0.25, 0.3) is 11.0 Å². The van der Waals surface area contributed by atoms with Gasteiger partial charge in [-0.2, -0.15) is 0 Å². The maximum absolute atomic E-state index is 13.8. The number of rotatable bonds is 2. The van der Waals surface area contributed by atoms with Crippen molar-refractivity contribution in [2.24, 2.45) is 5.73 Å². The summed E-state index contributed by atoms with van der Waals surface area (Å²) < 4.78 is 32.6. The summed E-state index contributed by atoms with van der Waals surface area (Å²) >= 11 is 0. The van der Waals surface area contributed by atoms with Gasteiger partial charge < -0.3 is 10.2 Å². The van der Waals surface area contributed by atoms with E-state index < -0.39 is 17.7 Å². The predicted molar refractivity (Wildman–Crippen MR) is 73.3 cm³/mol. The minimum absolute atomic E-state index is 0.0841. The van der Waals surface area contributed by atoms with E-state index in [1.165, 1.54) is 12.1 Å². The van der Waals surface area contributed by atoms with Gasteiger partial charge in [0.25, 0.3) is 0 Å². The first kappa shape index (κ1) is 12.8. The monoisotopic (exact) mass is 273 g/mol. The van der Waals surface area contributed by atoms with Crippen LogP contribution in [0.5, 0.6) is 0 Å². The minimum Gasteiger partial charge on any atom is -0.459 e. The largest absolute Gasteiger partial charge is 0.459 e. The molecule has 1 unspecified atom stereocenters. The maximum Gasteiger partial charge on any atom is 0.164 e. The summed E-state index contributed by atoms with van der Waals surface area (Å²) in [4.78, 5) is 0. The Morgan fingerprint density at radius 3 is 2.70 bits per heavy atom. The number of furan rings is 1. The molecular weight excluding hydrogens is 260 g/mol. The van der Waals surface area contributed by atoms with E-state index in [0.29, 0.717) is 11.3 Å². The molecule has 2 N–H and O–H groups in total. The highest BCUT2D eigenvalue weighted by atomic mass is 19.2. The molecule has 0 aliphatic carbocycles. The molecule has 3 aromatic rings. The Balaban J connectivity index is 2.08. The van der Waals surface area contributed by atoms with E-state index in [2.05, 4.69) is 0 Å². The number of hydrogen-bond acceptors (Lipinski definition) is 2. The molecule has 0 saturated heterocycles. The van der Waals surface area contributed by atoms with Crippen LogP contribution in [0, 0.1) is 18.6 Å². The van der Waals surface area contributed by atoms with Crippen molar-refractivity contribution in [2.75, 3.05) is 0 Å². The molecule has 20 heavy (non-hydrogen) atoms. The first-order valence-corrected chi connectivity index (χ1v) is 6.26. The van der Waals surface area contributed by atoms with Gasteiger partial charge in [0.2, 0.25) is 0 Å². The van der Waals surface area contributed by atoms with Crippen LogP contribution in [0.15, 0.2) is 46.9 Å². The summed E-state index contributed by atoms with van der Waals surface area (Å²) in [6.07, 6.45) is 0. The fourth-order valence-electron chi connectivity index (χ4n) is 2.25. The van der Waals surface area contributed by atoms with Gasteiger partial charge in [-0.05, 0) is 31.2 Å². The number of nitrogens with two attached hydrogens (primary N) is 1. The number of hydrogen-bond donors (Lipinski definition) is 1. The first-order chi connectivity index (χ1) is 9.56. The van der Waals surface area contributed by atoms with Crippen LogP contribution < -0.4 is 5.73 Å². The van der Waals surface area contributed by atoms with Crippen LogP contribution in [-0.4, -0.2) is 0 Å². The van der Waals surface area contributed by atoms with Crippen molar-refractivity contribution in [3.8, 4) is 0 Å². The maximum atomic E-state index is 13.8. The van der Waals surface area contributed by atoms with Gasteiger partial charge in [-0.15, -0.1) is 0 Å². The molecule has 0 aliphatic rings. The first-order valence-electron chi connectivity index (χ1n) is 6.26. The summed E-state index contributed by atoms with van der Waals surface area (Å²) in [7, 11) is 0. The van der Waals surface area contributed by atoms with E-state index in [1.54, 1.807) is 6.07 Å². The molecule has 1 atom stereocenters. The molecule has 1 aromatic heterocycles. The Morgan fingerprint density at radius 1 is 1.10 bits per heavy atom. The highest BCUT2D eigenvalue weighted by molar-refractivity contribution is 5.78. The topological polar surface area (TPSA) is 39.2 Å². The van der Waals surface area contributed by atoms with Crippen LogP contribution in [0.4, 0.5) is 8.78 Å². The van der Waals surface area contributed by atoms with Gasteiger partial charge in [0, 0.05) is 10.9 Å². The molecule has 1 heterocycles. The molecule has 0 amide bonds. The lowest BCUT2D eigenvalue weighted by Crippen LogP contribution is -2.13. The summed E-state index contributed by atoms with van der Waals surface area (Å²) in [5.74, 6) is -1.43. The smallest absolute Gasteiger partial charge is 0.164 e. The second-order valence-corrected chi connectivity index (χ2v) is 4.81. The standard InChI is InChI=1S/C16H13F2NO/c1-9-5-6-13-10(7-9)8-14(20-13)16(19)11-3-2-4-12(17)15(11)18/h2-8,16H,19H2,1H3. The van der Waals surface area contributed by atoms with Crippen molar-refractivity contribution >= 4 is 11.0 Å². The Hall–Kier alpha value is -2.20. The van der Waals surface area contributed by atoms with Crippen molar-refractivity contribution in [1.82, 2.24) is 0 Å². The average Bonchev–Trinajstić information content (AvgIpc) is 2.84. The quantitative estimate of drug-likeness (QED) is 0.764. The molecule has 0 aliphatic heterocycles. The Morgan fingerprint density at radius 2 is 1.90 bits per heavy atom. The predicted octanol–water partition coefficient (Wildman–Crippen LogP) is 4.07. The fourth-order valence-corrected chi connectivity index (χ4v) is 2.25. The zero-order valence-electron chi connectivity index (χ0n) is 10.9. The molecular formula is C16H13F2NO. The van der Waals surface area contributed by atoms with E-state index in [0.717, 1.165) is 17.0 Å². The Kier molecular flexibility index (Phi) is 3.03. The van der Waals surface area contributed by atoms with Gasteiger partial charge in [-0.1, -0.05) is 23.8 Å². The third kappa shape index (κ3) is 2.08. The summed E-state index contributed by atoms with van der Waals surface area (Å²) in [5.41, 5.74) is 7.84. The highest BCUT2D eigenvalue weighted by Crippen LogP contribution is 2.29.